The summed E-state index contributed by atoms with van der Waals surface area (Å²) in [7, 11) is 1.66. The number of nitrogens with two attached hydrogens (primary N) is 1. The summed E-state index contributed by atoms with van der Waals surface area (Å²) in [5.74, 6) is 0.348. The van der Waals surface area contributed by atoms with Gasteiger partial charge < -0.3 is 5.73 Å². The van der Waals surface area contributed by atoms with Gasteiger partial charge in [0.05, 0.1) is 5.56 Å². The number of aromatic nitrogens is 2. The molecule has 2 heterocycles. The van der Waals surface area contributed by atoms with Gasteiger partial charge in [-0.25, -0.2) is 4.98 Å². The Morgan fingerprint density at radius 2 is 2.11 bits per heavy atom. The Labute approximate surface area is 105 Å². The van der Waals surface area contributed by atoms with Crippen LogP contribution in [0.25, 0.3) is 0 Å². The van der Waals surface area contributed by atoms with E-state index in [9.17, 15) is 4.79 Å². The van der Waals surface area contributed by atoms with Crippen molar-refractivity contribution in [1.82, 2.24) is 9.97 Å². The molecular formula is C13H14N4O. The van der Waals surface area contributed by atoms with Crippen molar-refractivity contribution in [3.05, 3.63) is 47.9 Å². The van der Waals surface area contributed by atoms with Gasteiger partial charge in [0.2, 0.25) is 0 Å². The van der Waals surface area contributed by atoms with Gasteiger partial charge in [-0.05, 0) is 25.1 Å². The van der Waals surface area contributed by atoms with Crippen LogP contribution >= 0.6 is 0 Å². The summed E-state index contributed by atoms with van der Waals surface area (Å²) >= 11 is 0. The van der Waals surface area contributed by atoms with E-state index in [1.807, 2.05) is 13.0 Å². The topological polar surface area (TPSA) is 72.1 Å². The van der Waals surface area contributed by atoms with Crippen molar-refractivity contribution in [2.45, 2.75) is 6.92 Å². The monoisotopic (exact) mass is 242 g/mol. The quantitative estimate of drug-likeness (QED) is 0.869. The molecule has 0 saturated carbocycles. The summed E-state index contributed by atoms with van der Waals surface area (Å²) in [6, 6.07) is 7.06. The van der Waals surface area contributed by atoms with Gasteiger partial charge in [0.1, 0.15) is 5.82 Å². The Morgan fingerprint density at radius 3 is 2.72 bits per heavy atom. The maximum Gasteiger partial charge on any atom is 0.262 e. The molecule has 0 aliphatic rings. The fourth-order valence-electron chi connectivity index (χ4n) is 1.60. The van der Waals surface area contributed by atoms with E-state index in [1.165, 1.54) is 11.1 Å². The summed E-state index contributed by atoms with van der Waals surface area (Å²) in [4.78, 5) is 21.9. The maximum absolute atomic E-state index is 12.2. The first kappa shape index (κ1) is 12.0. The SMILES string of the molecule is Cc1cc(N)c(C(=O)N(C)c2ccccn2)cn1. The van der Waals surface area contributed by atoms with Crippen LogP contribution in [0.3, 0.4) is 0 Å². The number of amides is 1. The zero-order chi connectivity index (χ0) is 13.1. The van der Waals surface area contributed by atoms with Crippen molar-refractivity contribution >= 4 is 17.4 Å². The van der Waals surface area contributed by atoms with E-state index in [-0.39, 0.29) is 5.91 Å². The van der Waals surface area contributed by atoms with Gasteiger partial charge in [-0.2, -0.15) is 0 Å². The van der Waals surface area contributed by atoms with Gasteiger partial charge >= 0.3 is 0 Å². The van der Waals surface area contributed by atoms with E-state index in [0.29, 0.717) is 17.1 Å². The molecule has 0 spiro atoms. The molecule has 0 fully saturated rings. The molecule has 18 heavy (non-hydrogen) atoms. The molecule has 2 rings (SSSR count). The first-order valence-electron chi connectivity index (χ1n) is 5.51. The lowest BCUT2D eigenvalue weighted by Crippen LogP contribution is -2.28. The molecule has 0 aromatic carbocycles. The third-order valence-corrected chi connectivity index (χ3v) is 2.60. The molecule has 92 valence electrons. The molecule has 0 saturated heterocycles. The second-order valence-electron chi connectivity index (χ2n) is 3.97. The van der Waals surface area contributed by atoms with E-state index in [4.69, 9.17) is 5.73 Å². The lowest BCUT2D eigenvalue weighted by atomic mass is 10.2. The highest BCUT2D eigenvalue weighted by Gasteiger charge is 2.17. The van der Waals surface area contributed by atoms with Gasteiger partial charge in [0, 0.05) is 30.8 Å². The van der Waals surface area contributed by atoms with Crippen LogP contribution in [-0.2, 0) is 0 Å². The van der Waals surface area contributed by atoms with Crippen LogP contribution in [0.4, 0.5) is 11.5 Å². The van der Waals surface area contributed by atoms with E-state index >= 15 is 0 Å². The molecule has 0 atom stereocenters. The van der Waals surface area contributed by atoms with Crippen molar-refractivity contribution in [3.63, 3.8) is 0 Å². The largest absolute Gasteiger partial charge is 0.398 e. The molecular weight excluding hydrogens is 228 g/mol. The predicted molar refractivity (Wildman–Crippen MR) is 70.4 cm³/mol. The summed E-state index contributed by atoms with van der Waals surface area (Å²) in [5, 5.41) is 0. The molecule has 5 nitrogen and oxygen atoms in total. The first-order valence-corrected chi connectivity index (χ1v) is 5.51. The Morgan fingerprint density at radius 1 is 1.33 bits per heavy atom. The van der Waals surface area contributed by atoms with Gasteiger partial charge in [-0.3, -0.25) is 14.7 Å². The van der Waals surface area contributed by atoms with Gasteiger partial charge in [0.15, 0.2) is 0 Å². The number of pyridine rings is 2. The minimum Gasteiger partial charge on any atom is -0.398 e. The third-order valence-electron chi connectivity index (χ3n) is 2.60. The maximum atomic E-state index is 12.2. The molecule has 0 radical (unpaired) electrons. The number of carbonyl (C=O) groups excluding carboxylic acids is 1. The summed E-state index contributed by atoms with van der Waals surface area (Å²) < 4.78 is 0. The van der Waals surface area contributed by atoms with Crippen LogP contribution in [0.1, 0.15) is 16.1 Å². The summed E-state index contributed by atoms with van der Waals surface area (Å²) in [6.45, 7) is 1.83. The van der Waals surface area contributed by atoms with E-state index < -0.39 is 0 Å². The Balaban J connectivity index is 2.32. The standard InChI is InChI=1S/C13H14N4O/c1-9-7-11(14)10(8-16-9)13(18)17(2)12-5-3-4-6-15-12/h3-8H,1-2H3,(H2,14,16). The molecule has 2 N–H and O–H groups in total. The van der Waals surface area contributed by atoms with E-state index in [0.717, 1.165) is 5.69 Å². The summed E-state index contributed by atoms with van der Waals surface area (Å²) in [6.07, 6.45) is 3.13. The average Bonchev–Trinajstić information content (AvgIpc) is 2.38. The van der Waals surface area contributed by atoms with Crippen LogP contribution in [-0.4, -0.2) is 22.9 Å². The number of hydrogen-bond acceptors (Lipinski definition) is 4. The van der Waals surface area contributed by atoms with Crippen molar-refractivity contribution in [1.29, 1.82) is 0 Å². The number of rotatable bonds is 2. The zero-order valence-corrected chi connectivity index (χ0v) is 10.3. The highest BCUT2D eigenvalue weighted by atomic mass is 16.2. The molecule has 0 aliphatic carbocycles. The lowest BCUT2D eigenvalue weighted by molar-refractivity contribution is 0.0993. The van der Waals surface area contributed by atoms with Gasteiger partial charge in [0.25, 0.3) is 5.91 Å². The Bertz CT molecular complexity index is 568. The van der Waals surface area contributed by atoms with E-state index in [1.54, 1.807) is 31.4 Å². The molecule has 1 amide bonds. The highest BCUT2D eigenvalue weighted by molar-refractivity contribution is 6.08. The molecule has 0 unspecified atom stereocenters. The van der Waals surface area contributed by atoms with Crippen LogP contribution < -0.4 is 10.6 Å². The van der Waals surface area contributed by atoms with Crippen molar-refractivity contribution in [3.8, 4) is 0 Å². The second-order valence-corrected chi connectivity index (χ2v) is 3.97. The predicted octanol–water partition coefficient (Wildman–Crippen LogP) is 1.64. The molecule has 5 heteroatoms. The number of anilines is 2. The summed E-state index contributed by atoms with van der Waals surface area (Å²) in [5.41, 5.74) is 7.42. The number of nitrogens with zero attached hydrogens (tertiary/aromatic N) is 3. The smallest absolute Gasteiger partial charge is 0.262 e. The Hall–Kier alpha value is -2.43. The molecule has 2 aromatic heterocycles. The van der Waals surface area contributed by atoms with Crippen LogP contribution in [0.5, 0.6) is 0 Å². The number of nitrogen functional groups attached to an aromatic ring is 1. The zero-order valence-electron chi connectivity index (χ0n) is 10.3. The number of aryl methyl sites for hydroxylation is 1. The molecule has 2 aromatic rings. The second kappa shape index (κ2) is 4.83. The van der Waals surface area contributed by atoms with Crippen LogP contribution in [0.15, 0.2) is 36.7 Å². The fourth-order valence-corrected chi connectivity index (χ4v) is 1.60. The van der Waals surface area contributed by atoms with Gasteiger partial charge in [-0.1, -0.05) is 6.07 Å². The molecule has 0 bridgehead atoms. The average molecular weight is 242 g/mol. The Kier molecular flexibility index (Phi) is 3.23. The normalized spacial score (nSPS) is 10.1. The highest BCUT2D eigenvalue weighted by Crippen LogP contribution is 2.16. The van der Waals surface area contributed by atoms with Crippen LogP contribution in [0, 0.1) is 6.92 Å². The van der Waals surface area contributed by atoms with Gasteiger partial charge in [-0.15, -0.1) is 0 Å². The van der Waals surface area contributed by atoms with Crippen LogP contribution in [0.2, 0.25) is 0 Å². The third kappa shape index (κ3) is 2.29. The number of carbonyl (C=O) groups is 1. The van der Waals surface area contributed by atoms with Crippen molar-refractivity contribution < 1.29 is 4.79 Å². The number of hydrogen-bond donors (Lipinski definition) is 1. The minimum absolute atomic E-state index is 0.223. The molecule has 0 aliphatic heterocycles. The van der Waals surface area contributed by atoms with Crippen molar-refractivity contribution in [2.24, 2.45) is 0 Å². The first-order chi connectivity index (χ1) is 8.59. The lowest BCUT2D eigenvalue weighted by Gasteiger charge is -2.16. The minimum atomic E-state index is -0.223. The fraction of sp³-hybridized carbons (Fsp3) is 0.154. The van der Waals surface area contributed by atoms with E-state index in [2.05, 4.69) is 9.97 Å². The van der Waals surface area contributed by atoms with Crippen molar-refractivity contribution in [2.75, 3.05) is 17.7 Å².